The molecule has 5 nitrogen and oxygen atoms in total. The first-order valence-electron chi connectivity index (χ1n) is 6.22. The molecule has 0 radical (unpaired) electrons. The smallest absolute Gasteiger partial charge is 0.313 e. The normalized spacial score (nSPS) is 17.8. The predicted molar refractivity (Wildman–Crippen MR) is 77.1 cm³/mol. The lowest BCUT2D eigenvalue weighted by Crippen LogP contribution is -2.39. The molecule has 1 atom stereocenters. The monoisotopic (exact) mass is 316 g/mol. The van der Waals surface area contributed by atoms with Crippen molar-refractivity contribution in [2.45, 2.75) is 18.9 Å². The van der Waals surface area contributed by atoms with E-state index < -0.39 is 11.8 Å². The van der Waals surface area contributed by atoms with Gasteiger partial charge in [-0.05, 0) is 31.0 Å². The lowest BCUT2D eigenvalue weighted by molar-refractivity contribution is -0.136. The second-order valence-electron chi connectivity index (χ2n) is 4.42. The highest BCUT2D eigenvalue weighted by Crippen LogP contribution is 2.25. The number of rotatable bonds is 3. The van der Waals surface area contributed by atoms with E-state index in [-0.39, 0.29) is 6.10 Å². The van der Waals surface area contributed by atoms with Gasteiger partial charge in [0.25, 0.3) is 0 Å². The fraction of sp³-hybridized carbons (Fsp3) is 0.385. The number of amides is 2. The molecule has 2 rings (SSSR count). The number of anilines is 1. The van der Waals surface area contributed by atoms with Gasteiger partial charge in [-0.3, -0.25) is 9.59 Å². The van der Waals surface area contributed by atoms with Crippen molar-refractivity contribution in [3.05, 3.63) is 28.2 Å². The van der Waals surface area contributed by atoms with Gasteiger partial charge in [0.05, 0.1) is 16.8 Å². The first-order valence-corrected chi connectivity index (χ1v) is 6.97. The largest absolute Gasteiger partial charge is 0.376 e. The molecule has 0 aliphatic carbocycles. The Labute approximate surface area is 126 Å². The Kier molecular flexibility index (Phi) is 5.23. The molecule has 20 heavy (non-hydrogen) atoms. The molecule has 1 aliphatic rings. The molecule has 1 saturated heterocycles. The summed E-state index contributed by atoms with van der Waals surface area (Å²) < 4.78 is 5.35. The van der Waals surface area contributed by atoms with E-state index in [0.717, 1.165) is 12.8 Å². The first-order chi connectivity index (χ1) is 9.56. The maximum Gasteiger partial charge on any atom is 0.313 e. The maximum atomic E-state index is 11.7. The van der Waals surface area contributed by atoms with Crippen molar-refractivity contribution in [3.63, 3.8) is 0 Å². The second-order valence-corrected chi connectivity index (χ2v) is 5.27. The quantitative estimate of drug-likeness (QED) is 0.840. The van der Waals surface area contributed by atoms with Crippen LogP contribution < -0.4 is 10.6 Å². The number of carbonyl (C=O) groups excluding carboxylic acids is 2. The van der Waals surface area contributed by atoms with E-state index in [1.165, 1.54) is 6.07 Å². The highest BCUT2D eigenvalue weighted by atomic mass is 35.5. The van der Waals surface area contributed by atoms with Crippen LogP contribution in [0.25, 0.3) is 0 Å². The lowest BCUT2D eigenvalue weighted by Gasteiger charge is -2.11. The Morgan fingerprint density at radius 2 is 2.10 bits per heavy atom. The van der Waals surface area contributed by atoms with Gasteiger partial charge in [0.15, 0.2) is 0 Å². The summed E-state index contributed by atoms with van der Waals surface area (Å²) in [7, 11) is 0. The molecular formula is C13H14Cl2N2O3. The average Bonchev–Trinajstić information content (AvgIpc) is 2.93. The van der Waals surface area contributed by atoms with E-state index >= 15 is 0 Å². The molecule has 7 heteroatoms. The SMILES string of the molecule is O=C(NC[C@@H]1CCCO1)C(=O)Nc1cc(Cl)ccc1Cl. The minimum absolute atomic E-state index is 0.0125. The molecule has 0 unspecified atom stereocenters. The third-order valence-corrected chi connectivity index (χ3v) is 3.46. The van der Waals surface area contributed by atoms with Gasteiger partial charge in [-0.15, -0.1) is 0 Å². The molecule has 0 bridgehead atoms. The number of benzene rings is 1. The second kappa shape index (κ2) is 6.92. The molecule has 1 aromatic rings. The third kappa shape index (κ3) is 4.10. The summed E-state index contributed by atoms with van der Waals surface area (Å²) in [4.78, 5) is 23.4. The standard InChI is InChI=1S/C13H14Cl2N2O3/c14-8-3-4-10(15)11(6-8)17-13(19)12(18)16-7-9-2-1-5-20-9/h3-4,6,9H,1-2,5,7H2,(H,16,18)(H,17,19)/t9-/m0/s1. The number of carbonyl (C=O) groups is 2. The van der Waals surface area contributed by atoms with Crippen LogP contribution in [-0.2, 0) is 14.3 Å². The fourth-order valence-corrected chi connectivity index (χ4v) is 2.20. The van der Waals surface area contributed by atoms with Crippen molar-refractivity contribution in [2.24, 2.45) is 0 Å². The van der Waals surface area contributed by atoms with E-state index in [2.05, 4.69) is 10.6 Å². The van der Waals surface area contributed by atoms with E-state index in [4.69, 9.17) is 27.9 Å². The molecule has 1 heterocycles. The summed E-state index contributed by atoms with van der Waals surface area (Å²) in [6.45, 7) is 1.03. The van der Waals surface area contributed by atoms with Gasteiger partial charge in [0.2, 0.25) is 0 Å². The minimum Gasteiger partial charge on any atom is -0.376 e. The van der Waals surface area contributed by atoms with Crippen molar-refractivity contribution in [3.8, 4) is 0 Å². The van der Waals surface area contributed by atoms with E-state index in [9.17, 15) is 9.59 Å². The average molecular weight is 317 g/mol. The van der Waals surface area contributed by atoms with E-state index in [1.807, 2.05) is 0 Å². The van der Waals surface area contributed by atoms with Gasteiger partial charge in [-0.1, -0.05) is 23.2 Å². The molecule has 0 spiro atoms. The summed E-state index contributed by atoms with van der Waals surface area (Å²) >= 11 is 11.7. The van der Waals surface area contributed by atoms with Crippen LogP contribution in [0.4, 0.5) is 5.69 Å². The number of nitrogens with one attached hydrogen (secondary N) is 2. The fourth-order valence-electron chi connectivity index (χ4n) is 1.86. The topological polar surface area (TPSA) is 67.4 Å². The summed E-state index contributed by atoms with van der Waals surface area (Å²) in [6, 6.07) is 4.62. The molecule has 108 valence electrons. The van der Waals surface area contributed by atoms with Gasteiger partial charge in [0, 0.05) is 18.2 Å². The zero-order chi connectivity index (χ0) is 14.5. The number of hydrogen-bond acceptors (Lipinski definition) is 3. The predicted octanol–water partition coefficient (Wildman–Crippen LogP) is 2.23. The van der Waals surface area contributed by atoms with Gasteiger partial charge in [0.1, 0.15) is 0 Å². The highest BCUT2D eigenvalue weighted by molar-refractivity contribution is 6.42. The van der Waals surface area contributed by atoms with E-state index in [1.54, 1.807) is 12.1 Å². The summed E-state index contributed by atoms with van der Waals surface area (Å²) in [6.07, 6.45) is 1.86. The van der Waals surface area contributed by atoms with Crippen molar-refractivity contribution < 1.29 is 14.3 Å². The lowest BCUT2D eigenvalue weighted by atomic mass is 10.2. The highest BCUT2D eigenvalue weighted by Gasteiger charge is 2.19. The molecule has 0 aromatic heterocycles. The van der Waals surface area contributed by atoms with Crippen LogP contribution in [0, 0.1) is 0 Å². The Bertz CT molecular complexity index is 516. The van der Waals surface area contributed by atoms with Crippen LogP contribution in [0.5, 0.6) is 0 Å². The van der Waals surface area contributed by atoms with Crippen LogP contribution in [-0.4, -0.2) is 31.1 Å². The first kappa shape index (κ1) is 15.1. The molecule has 1 aliphatic heterocycles. The third-order valence-electron chi connectivity index (χ3n) is 2.90. The maximum absolute atomic E-state index is 11.7. The Morgan fingerprint density at radius 1 is 1.30 bits per heavy atom. The van der Waals surface area contributed by atoms with Gasteiger partial charge in [-0.25, -0.2) is 0 Å². The van der Waals surface area contributed by atoms with Crippen LogP contribution in [0.2, 0.25) is 10.0 Å². The number of ether oxygens (including phenoxy) is 1. The molecular weight excluding hydrogens is 303 g/mol. The Morgan fingerprint density at radius 3 is 2.80 bits per heavy atom. The van der Waals surface area contributed by atoms with Crippen LogP contribution in [0.3, 0.4) is 0 Å². The van der Waals surface area contributed by atoms with Crippen LogP contribution in [0.15, 0.2) is 18.2 Å². The molecule has 2 amide bonds. The zero-order valence-corrected chi connectivity index (χ0v) is 12.1. The molecule has 1 aromatic carbocycles. The molecule has 1 fully saturated rings. The molecule has 0 saturated carbocycles. The van der Waals surface area contributed by atoms with Crippen molar-refractivity contribution in [2.75, 3.05) is 18.5 Å². The van der Waals surface area contributed by atoms with Gasteiger partial charge < -0.3 is 15.4 Å². The number of halogens is 2. The van der Waals surface area contributed by atoms with Crippen molar-refractivity contribution >= 4 is 40.7 Å². The minimum atomic E-state index is -0.785. The summed E-state index contributed by atoms with van der Waals surface area (Å²) in [5.41, 5.74) is 0.302. The molecule has 2 N–H and O–H groups in total. The van der Waals surface area contributed by atoms with E-state index in [0.29, 0.717) is 28.9 Å². The van der Waals surface area contributed by atoms with Crippen molar-refractivity contribution in [1.82, 2.24) is 5.32 Å². The van der Waals surface area contributed by atoms with Crippen LogP contribution in [0.1, 0.15) is 12.8 Å². The van der Waals surface area contributed by atoms with Crippen molar-refractivity contribution in [1.29, 1.82) is 0 Å². The van der Waals surface area contributed by atoms with Gasteiger partial charge >= 0.3 is 11.8 Å². The Hall–Kier alpha value is -1.30. The van der Waals surface area contributed by atoms with Gasteiger partial charge in [-0.2, -0.15) is 0 Å². The van der Waals surface area contributed by atoms with Crippen LogP contribution >= 0.6 is 23.2 Å². The number of hydrogen-bond donors (Lipinski definition) is 2. The zero-order valence-electron chi connectivity index (χ0n) is 10.6. The summed E-state index contributed by atoms with van der Waals surface area (Å²) in [5.74, 6) is -1.51. The Balaban J connectivity index is 1.87. The summed E-state index contributed by atoms with van der Waals surface area (Å²) in [5, 5.41) is 5.68.